The summed E-state index contributed by atoms with van der Waals surface area (Å²) in [4.78, 5) is 0. The Bertz CT molecular complexity index is 697. The van der Waals surface area contributed by atoms with Gasteiger partial charge >= 0.3 is 0 Å². The lowest BCUT2D eigenvalue weighted by Gasteiger charge is -1.95. The second kappa shape index (κ2) is 7.20. The van der Waals surface area contributed by atoms with E-state index in [4.69, 9.17) is 0 Å². The quantitative estimate of drug-likeness (QED) is 0.666. The lowest BCUT2D eigenvalue weighted by molar-refractivity contribution is 0.613. The third-order valence-corrected chi connectivity index (χ3v) is 4.73. The van der Waals surface area contributed by atoms with Gasteiger partial charge in [-0.3, -0.25) is 0 Å². The Morgan fingerprint density at radius 3 is 1.33 bits per heavy atom. The van der Waals surface area contributed by atoms with Crippen LogP contribution in [0.1, 0.15) is 11.1 Å². The second-order valence-corrected chi connectivity index (χ2v) is 7.85. The van der Waals surface area contributed by atoms with E-state index >= 15 is 0 Å². The van der Waals surface area contributed by atoms with Gasteiger partial charge in [-0.15, -0.1) is 0 Å². The summed E-state index contributed by atoms with van der Waals surface area (Å²) in [6.45, 7) is 0. The van der Waals surface area contributed by atoms with Crippen LogP contribution in [0.2, 0.25) is 0 Å². The van der Waals surface area contributed by atoms with Crippen molar-refractivity contribution in [1.82, 2.24) is 0 Å². The van der Waals surface area contributed by atoms with Crippen LogP contribution in [0.5, 0.6) is 0 Å². The summed E-state index contributed by atoms with van der Waals surface area (Å²) in [5, 5.41) is 2.40. The molecule has 2 aromatic rings. The van der Waals surface area contributed by atoms with Crippen LogP contribution in [0.3, 0.4) is 0 Å². The summed E-state index contributed by atoms with van der Waals surface area (Å²) in [7, 11) is -3.38. The Hall–Kier alpha value is -1.17. The summed E-state index contributed by atoms with van der Waals surface area (Å²) in [6.07, 6.45) is 3.15. The highest BCUT2D eigenvalue weighted by molar-refractivity contribution is 9.10. The Balaban J connectivity index is 2.11. The van der Waals surface area contributed by atoms with Gasteiger partial charge in [0.05, 0.1) is 0 Å². The van der Waals surface area contributed by atoms with E-state index < -0.39 is 9.84 Å². The molecule has 5 heteroatoms. The van der Waals surface area contributed by atoms with Crippen LogP contribution in [0.15, 0.2) is 68.3 Å². The molecule has 2 aromatic carbocycles. The van der Waals surface area contributed by atoms with Crippen LogP contribution < -0.4 is 0 Å². The van der Waals surface area contributed by atoms with E-state index in [1.165, 1.54) is 10.8 Å². The van der Waals surface area contributed by atoms with E-state index in [0.29, 0.717) is 0 Å². The summed E-state index contributed by atoms with van der Waals surface area (Å²) >= 11 is 6.67. The van der Waals surface area contributed by atoms with Gasteiger partial charge in [0.1, 0.15) is 0 Å². The lowest BCUT2D eigenvalue weighted by Crippen LogP contribution is -1.87. The molecule has 0 bridgehead atoms. The molecule has 21 heavy (non-hydrogen) atoms. The molecule has 0 atom stereocenters. The first-order valence-corrected chi connectivity index (χ1v) is 9.26. The van der Waals surface area contributed by atoms with Crippen LogP contribution in [-0.4, -0.2) is 8.42 Å². The largest absolute Gasteiger partial charge is 0.220 e. The number of sulfone groups is 1. The van der Waals surface area contributed by atoms with Crippen molar-refractivity contribution in [3.05, 3.63) is 79.4 Å². The van der Waals surface area contributed by atoms with E-state index in [1.54, 1.807) is 12.2 Å². The van der Waals surface area contributed by atoms with Gasteiger partial charge in [0.25, 0.3) is 0 Å². The van der Waals surface area contributed by atoms with Gasteiger partial charge in [-0.1, -0.05) is 56.1 Å². The number of halogens is 2. The van der Waals surface area contributed by atoms with Crippen LogP contribution in [0, 0.1) is 0 Å². The third-order valence-electron chi connectivity index (χ3n) is 2.64. The van der Waals surface area contributed by atoms with E-state index in [9.17, 15) is 8.42 Å². The minimum Gasteiger partial charge on any atom is -0.220 e. The van der Waals surface area contributed by atoms with E-state index in [2.05, 4.69) is 31.9 Å². The van der Waals surface area contributed by atoms with Gasteiger partial charge < -0.3 is 0 Å². The molecule has 0 saturated carbocycles. The first-order chi connectivity index (χ1) is 9.94. The highest BCUT2D eigenvalue weighted by Crippen LogP contribution is 2.14. The zero-order valence-electron chi connectivity index (χ0n) is 10.9. The van der Waals surface area contributed by atoms with E-state index in [1.807, 2.05) is 48.5 Å². The number of hydrogen-bond acceptors (Lipinski definition) is 2. The molecule has 0 aliphatic carbocycles. The molecular formula is C16H12Br2O2S. The topological polar surface area (TPSA) is 34.1 Å². The fraction of sp³-hybridized carbons (Fsp3) is 0. The fourth-order valence-corrected chi connectivity index (χ4v) is 2.85. The monoisotopic (exact) mass is 426 g/mol. The fourth-order valence-electron chi connectivity index (χ4n) is 1.54. The average Bonchev–Trinajstić information content (AvgIpc) is 2.46. The molecule has 0 radical (unpaired) electrons. The number of hydrogen-bond donors (Lipinski definition) is 0. The molecule has 2 nitrogen and oxygen atoms in total. The summed E-state index contributed by atoms with van der Waals surface area (Å²) in [5.41, 5.74) is 1.66. The maximum atomic E-state index is 11.9. The molecule has 2 rings (SSSR count). The van der Waals surface area contributed by atoms with Crippen molar-refractivity contribution in [2.24, 2.45) is 0 Å². The highest BCUT2D eigenvalue weighted by atomic mass is 79.9. The molecule has 0 aromatic heterocycles. The minimum atomic E-state index is -3.38. The lowest BCUT2D eigenvalue weighted by atomic mass is 10.2. The van der Waals surface area contributed by atoms with E-state index in [0.717, 1.165) is 20.1 Å². The standard InChI is InChI=1S/C16H12Br2O2S/c17-15-5-1-13(2-6-15)9-11-21(19,20)12-10-14-3-7-16(18)8-4-14/h1-12H. The molecular weight excluding hydrogens is 416 g/mol. The zero-order valence-corrected chi connectivity index (χ0v) is 14.9. The van der Waals surface area contributed by atoms with Crippen molar-refractivity contribution in [2.75, 3.05) is 0 Å². The molecule has 0 saturated heterocycles. The number of rotatable bonds is 4. The van der Waals surface area contributed by atoms with Crippen LogP contribution >= 0.6 is 31.9 Å². The molecule has 0 spiro atoms. The van der Waals surface area contributed by atoms with Crippen LogP contribution in [0.4, 0.5) is 0 Å². The summed E-state index contributed by atoms with van der Waals surface area (Å²) in [5.74, 6) is 0. The molecule has 0 amide bonds. The second-order valence-electron chi connectivity index (χ2n) is 4.30. The highest BCUT2D eigenvalue weighted by Gasteiger charge is 1.99. The van der Waals surface area contributed by atoms with E-state index in [-0.39, 0.29) is 0 Å². The van der Waals surface area contributed by atoms with Crippen molar-refractivity contribution >= 4 is 53.8 Å². The molecule has 0 fully saturated rings. The Morgan fingerprint density at radius 2 is 1.00 bits per heavy atom. The predicted molar refractivity (Wildman–Crippen MR) is 95.3 cm³/mol. The molecule has 0 aliphatic rings. The van der Waals surface area contributed by atoms with Crippen LogP contribution in [-0.2, 0) is 9.84 Å². The Morgan fingerprint density at radius 1 is 0.667 bits per heavy atom. The van der Waals surface area contributed by atoms with Crippen molar-refractivity contribution in [2.45, 2.75) is 0 Å². The van der Waals surface area contributed by atoms with Gasteiger partial charge in [-0.05, 0) is 47.5 Å². The minimum absolute atomic E-state index is 0.832. The van der Waals surface area contributed by atoms with Gasteiger partial charge in [-0.2, -0.15) is 0 Å². The zero-order chi connectivity index (χ0) is 15.3. The van der Waals surface area contributed by atoms with Crippen molar-refractivity contribution in [3.63, 3.8) is 0 Å². The van der Waals surface area contributed by atoms with Gasteiger partial charge in [0.2, 0.25) is 0 Å². The van der Waals surface area contributed by atoms with Gasteiger partial charge in [0, 0.05) is 19.8 Å². The van der Waals surface area contributed by atoms with Crippen molar-refractivity contribution in [1.29, 1.82) is 0 Å². The van der Waals surface area contributed by atoms with Gasteiger partial charge in [-0.25, -0.2) is 8.42 Å². The molecule has 0 aliphatic heterocycles. The molecule has 0 heterocycles. The summed E-state index contributed by atoms with van der Waals surface area (Å²) < 4.78 is 25.8. The first kappa shape index (κ1) is 16.2. The molecule has 108 valence electrons. The number of benzene rings is 2. The van der Waals surface area contributed by atoms with Crippen molar-refractivity contribution < 1.29 is 8.42 Å². The van der Waals surface area contributed by atoms with Crippen molar-refractivity contribution in [3.8, 4) is 0 Å². The van der Waals surface area contributed by atoms with Gasteiger partial charge in [0.15, 0.2) is 9.84 Å². The normalized spacial score (nSPS) is 12.3. The summed E-state index contributed by atoms with van der Waals surface area (Å²) in [6, 6.07) is 14.8. The maximum Gasteiger partial charge on any atom is 0.193 e. The average molecular weight is 428 g/mol. The molecule has 0 N–H and O–H groups in total. The van der Waals surface area contributed by atoms with Crippen LogP contribution in [0.25, 0.3) is 12.2 Å². The maximum absolute atomic E-state index is 11.9. The SMILES string of the molecule is O=S(=O)(C=Cc1ccc(Br)cc1)C=Cc1ccc(Br)cc1. The predicted octanol–water partition coefficient (Wildman–Crippen LogP) is 5.27. The Labute approximate surface area is 141 Å². The first-order valence-electron chi connectivity index (χ1n) is 6.07. The smallest absolute Gasteiger partial charge is 0.193 e. The third kappa shape index (κ3) is 5.61. The Kier molecular flexibility index (Phi) is 5.56. The molecule has 0 unspecified atom stereocenters.